The number of nitrogens with one attached hydrogen (secondary N) is 1. The SMILES string of the molecule is COC1CCN(C(=O)C2COCCN2)C1. The summed E-state index contributed by atoms with van der Waals surface area (Å²) in [6, 6.07) is -0.158. The number of morpholine rings is 1. The molecule has 5 heteroatoms. The fourth-order valence-corrected chi connectivity index (χ4v) is 2.07. The highest BCUT2D eigenvalue weighted by atomic mass is 16.5. The molecule has 2 unspecified atom stereocenters. The summed E-state index contributed by atoms with van der Waals surface area (Å²) in [6.45, 7) is 3.47. The number of amides is 1. The first-order valence-corrected chi connectivity index (χ1v) is 5.44. The van der Waals surface area contributed by atoms with Gasteiger partial charge in [-0.15, -0.1) is 0 Å². The number of nitrogens with zero attached hydrogens (tertiary/aromatic N) is 1. The van der Waals surface area contributed by atoms with Crippen LogP contribution in [0, 0.1) is 0 Å². The molecule has 2 saturated heterocycles. The topological polar surface area (TPSA) is 50.8 Å². The minimum absolute atomic E-state index is 0.147. The van der Waals surface area contributed by atoms with Crippen LogP contribution in [0.2, 0.25) is 0 Å². The lowest BCUT2D eigenvalue weighted by Gasteiger charge is -2.27. The largest absolute Gasteiger partial charge is 0.380 e. The molecule has 0 aromatic carbocycles. The molecule has 0 radical (unpaired) electrons. The van der Waals surface area contributed by atoms with Gasteiger partial charge in [-0.25, -0.2) is 0 Å². The van der Waals surface area contributed by atoms with Gasteiger partial charge in [0.15, 0.2) is 0 Å². The van der Waals surface area contributed by atoms with Crippen molar-refractivity contribution >= 4 is 5.91 Å². The summed E-state index contributed by atoms with van der Waals surface area (Å²) < 4.78 is 10.5. The highest BCUT2D eigenvalue weighted by Gasteiger charge is 2.31. The van der Waals surface area contributed by atoms with Gasteiger partial charge >= 0.3 is 0 Å². The third-order valence-electron chi connectivity index (χ3n) is 3.01. The number of hydrogen-bond donors (Lipinski definition) is 1. The van der Waals surface area contributed by atoms with Gasteiger partial charge < -0.3 is 19.7 Å². The van der Waals surface area contributed by atoms with Gasteiger partial charge in [0.05, 0.1) is 19.3 Å². The van der Waals surface area contributed by atoms with E-state index < -0.39 is 0 Å². The summed E-state index contributed by atoms with van der Waals surface area (Å²) in [6.07, 6.45) is 1.15. The Kier molecular flexibility index (Phi) is 3.56. The lowest BCUT2D eigenvalue weighted by atomic mass is 10.2. The smallest absolute Gasteiger partial charge is 0.242 e. The van der Waals surface area contributed by atoms with E-state index >= 15 is 0 Å². The second-order valence-corrected chi connectivity index (χ2v) is 4.01. The molecule has 2 heterocycles. The van der Waals surface area contributed by atoms with Crippen molar-refractivity contribution in [3.63, 3.8) is 0 Å². The summed E-state index contributed by atoms with van der Waals surface area (Å²) in [7, 11) is 1.70. The van der Waals surface area contributed by atoms with Crippen molar-refractivity contribution in [2.75, 3.05) is 40.0 Å². The van der Waals surface area contributed by atoms with Crippen molar-refractivity contribution < 1.29 is 14.3 Å². The van der Waals surface area contributed by atoms with Gasteiger partial charge in [0, 0.05) is 26.7 Å². The molecule has 15 heavy (non-hydrogen) atoms. The average molecular weight is 214 g/mol. The molecule has 86 valence electrons. The maximum Gasteiger partial charge on any atom is 0.242 e. The first-order valence-electron chi connectivity index (χ1n) is 5.44. The predicted molar refractivity (Wildman–Crippen MR) is 54.6 cm³/mol. The molecule has 2 rings (SSSR count). The molecular weight excluding hydrogens is 196 g/mol. The predicted octanol–water partition coefficient (Wildman–Crippen LogP) is -0.778. The summed E-state index contributed by atoms with van der Waals surface area (Å²) in [5.41, 5.74) is 0. The van der Waals surface area contributed by atoms with Gasteiger partial charge in [0.2, 0.25) is 5.91 Å². The molecule has 0 aliphatic carbocycles. The van der Waals surface area contributed by atoms with Crippen molar-refractivity contribution in [1.82, 2.24) is 10.2 Å². The van der Waals surface area contributed by atoms with Crippen LogP contribution in [0.15, 0.2) is 0 Å². The third-order valence-corrected chi connectivity index (χ3v) is 3.01. The normalized spacial score (nSPS) is 31.9. The monoisotopic (exact) mass is 214 g/mol. The zero-order valence-electron chi connectivity index (χ0n) is 9.07. The number of hydrogen-bond acceptors (Lipinski definition) is 4. The second kappa shape index (κ2) is 4.92. The standard InChI is InChI=1S/C10H18N2O3/c1-14-8-2-4-12(6-8)10(13)9-7-15-5-3-11-9/h8-9,11H,2-7H2,1H3. The Bertz CT molecular complexity index is 229. The molecular formula is C10H18N2O3. The van der Waals surface area contributed by atoms with Crippen LogP contribution in [0.3, 0.4) is 0 Å². The van der Waals surface area contributed by atoms with Crippen molar-refractivity contribution in [1.29, 1.82) is 0 Å². The quantitative estimate of drug-likeness (QED) is 0.655. The van der Waals surface area contributed by atoms with Gasteiger partial charge in [-0.2, -0.15) is 0 Å². The average Bonchev–Trinajstić information content (AvgIpc) is 2.78. The van der Waals surface area contributed by atoms with Crippen molar-refractivity contribution in [2.45, 2.75) is 18.6 Å². The highest BCUT2D eigenvalue weighted by Crippen LogP contribution is 2.13. The van der Waals surface area contributed by atoms with E-state index in [9.17, 15) is 4.79 Å². The number of likely N-dealkylation sites (tertiary alicyclic amines) is 1. The molecule has 2 fully saturated rings. The highest BCUT2D eigenvalue weighted by molar-refractivity contribution is 5.82. The number of ether oxygens (including phenoxy) is 2. The summed E-state index contributed by atoms with van der Waals surface area (Å²) in [4.78, 5) is 13.9. The number of rotatable bonds is 2. The van der Waals surface area contributed by atoms with Crippen LogP contribution in [-0.2, 0) is 14.3 Å². The van der Waals surface area contributed by atoms with E-state index in [1.54, 1.807) is 7.11 Å². The number of carbonyl (C=O) groups excluding carboxylic acids is 1. The van der Waals surface area contributed by atoms with Crippen molar-refractivity contribution in [2.24, 2.45) is 0 Å². The molecule has 2 aliphatic heterocycles. The molecule has 0 aromatic heterocycles. The lowest BCUT2D eigenvalue weighted by molar-refractivity contribution is -0.135. The maximum absolute atomic E-state index is 12.0. The van der Waals surface area contributed by atoms with Crippen LogP contribution >= 0.6 is 0 Å². The molecule has 5 nitrogen and oxygen atoms in total. The third kappa shape index (κ3) is 2.48. The Morgan fingerprint density at radius 1 is 1.60 bits per heavy atom. The van der Waals surface area contributed by atoms with E-state index in [1.807, 2.05) is 4.90 Å². The first-order chi connectivity index (χ1) is 7.31. The maximum atomic E-state index is 12.0. The zero-order valence-corrected chi connectivity index (χ0v) is 9.07. The summed E-state index contributed by atoms with van der Waals surface area (Å²) >= 11 is 0. The van der Waals surface area contributed by atoms with Crippen LogP contribution in [0.5, 0.6) is 0 Å². The first kappa shape index (κ1) is 10.9. The van der Waals surface area contributed by atoms with Crippen LogP contribution < -0.4 is 5.32 Å². The van der Waals surface area contributed by atoms with E-state index in [0.29, 0.717) is 19.8 Å². The molecule has 0 aromatic rings. The Morgan fingerprint density at radius 2 is 2.47 bits per heavy atom. The molecule has 1 N–H and O–H groups in total. The Morgan fingerprint density at radius 3 is 3.07 bits per heavy atom. The minimum atomic E-state index is -0.158. The van der Waals surface area contributed by atoms with E-state index in [2.05, 4.69) is 5.32 Å². The van der Waals surface area contributed by atoms with Crippen molar-refractivity contribution in [3.8, 4) is 0 Å². The summed E-state index contributed by atoms with van der Waals surface area (Å²) in [5, 5.41) is 3.17. The lowest BCUT2D eigenvalue weighted by Crippen LogP contribution is -2.52. The molecule has 2 aliphatic rings. The molecule has 0 spiro atoms. The van der Waals surface area contributed by atoms with E-state index in [1.165, 1.54) is 0 Å². The fourth-order valence-electron chi connectivity index (χ4n) is 2.07. The van der Waals surface area contributed by atoms with Crippen LogP contribution in [-0.4, -0.2) is 62.9 Å². The second-order valence-electron chi connectivity index (χ2n) is 4.01. The molecule has 0 bridgehead atoms. The Hall–Kier alpha value is -0.650. The van der Waals surface area contributed by atoms with E-state index in [-0.39, 0.29) is 18.1 Å². The minimum Gasteiger partial charge on any atom is -0.380 e. The van der Waals surface area contributed by atoms with Gasteiger partial charge in [-0.05, 0) is 6.42 Å². The van der Waals surface area contributed by atoms with E-state index in [0.717, 1.165) is 19.5 Å². The van der Waals surface area contributed by atoms with E-state index in [4.69, 9.17) is 9.47 Å². The van der Waals surface area contributed by atoms with Gasteiger partial charge in [-0.3, -0.25) is 4.79 Å². The van der Waals surface area contributed by atoms with Gasteiger partial charge in [-0.1, -0.05) is 0 Å². The zero-order chi connectivity index (χ0) is 10.7. The van der Waals surface area contributed by atoms with Crippen LogP contribution in [0.4, 0.5) is 0 Å². The van der Waals surface area contributed by atoms with Crippen molar-refractivity contribution in [3.05, 3.63) is 0 Å². The van der Waals surface area contributed by atoms with Gasteiger partial charge in [0.1, 0.15) is 6.04 Å². The van der Waals surface area contributed by atoms with Crippen LogP contribution in [0.25, 0.3) is 0 Å². The molecule has 0 saturated carbocycles. The number of methoxy groups -OCH3 is 1. The Balaban J connectivity index is 1.85. The van der Waals surface area contributed by atoms with Gasteiger partial charge in [0.25, 0.3) is 0 Å². The molecule has 1 amide bonds. The molecule has 2 atom stereocenters. The number of carbonyl (C=O) groups is 1. The Labute approximate surface area is 89.7 Å². The fraction of sp³-hybridized carbons (Fsp3) is 0.900. The van der Waals surface area contributed by atoms with Crippen LogP contribution in [0.1, 0.15) is 6.42 Å². The summed E-state index contributed by atoms with van der Waals surface area (Å²) in [5.74, 6) is 0.147.